The van der Waals surface area contributed by atoms with Crippen LogP contribution < -0.4 is 36.9 Å². The van der Waals surface area contributed by atoms with Gasteiger partial charge in [0.15, 0.2) is 5.43 Å². The fraction of sp³-hybridized carbons (Fsp3) is 0.417. The molecule has 280 valence electrons. The maximum Gasteiger partial charge on any atom is 0.197 e. The molecule has 2 saturated heterocycles. The first kappa shape index (κ1) is 43.2. The van der Waals surface area contributed by atoms with E-state index in [9.17, 15) is 25.2 Å². The van der Waals surface area contributed by atoms with Gasteiger partial charge in [0.25, 0.3) is 0 Å². The third-order valence-electron chi connectivity index (χ3n) is 9.32. The number of hydrogen-bond acceptors (Lipinski definition) is 10. The van der Waals surface area contributed by atoms with Crippen LogP contribution in [0.15, 0.2) is 57.7 Å². The van der Waals surface area contributed by atoms with Crippen molar-refractivity contribution in [2.24, 2.45) is 0 Å². The van der Waals surface area contributed by atoms with Crippen molar-refractivity contribution in [1.82, 2.24) is 4.90 Å². The number of aromatic hydroxyl groups is 2. The zero-order chi connectivity index (χ0) is 36.7. The fourth-order valence-corrected chi connectivity index (χ4v) is 7.06. The maximum atomic E-state index is 12.8. The van der Waals surface area contributed by atoms with E-state index in [2.05, 4.69) is 42.1 Å². The maximum absolute atomic E-state index is 12.8. The summed E-state index contributed by atoms with van der Waals surface area (Å²) >= 11 is 10.5. The second-order valence-corrected chi connectivity index (χ2v) is 12.9. The number of β-amino-alcohol motifs (C(OH)–C–C–N with tert-alkyl or cyclic N) is 1. The van der Waals surface area contributed by atoms with Crippen molar-refractivity contribution in [2.75, 3.05) is 61.6 Å². The Bertz CT molecular complexity index is 1800. The zero-order valence-corrected chi connectivity index (χ0v) is 34.8. The molecule has 2 aliphatic heterocycles. The second kappa shape index (κ2) is 19.7. The van der Waals surface area contributed by atoms with Gasteiger partial charge < -0.3 is 61.3 Å². The van der Waals surface area contributed by atoms with Crippen LogP contribution in [0.3, 0.4) is 0 Å². The van der Waals surface area contributed by atoms with E-state index >= 15 is 0 Å². The third-order valence-corrected chi connectivity index (χ3v) is 9.65. The summed E-state index contributed by atoms with van der Waals surface area (Å²) in [6.07, 6.45) is 0.351. The molecule has 5 unspecified atom stereocenters. The monoisotopic (exact) mass is 972 g/mol. The average molecular weight is 973 g/mol. The first-order chi connectivity index (χ1) is 24.0. The molecule has 0 bridgehead atoms. The van der Waals surface area contributed by atoms with Crippen molar-refractivity contribution in [2.45, 2.75) is 36.9 Å². The van der Waals surface area contributed by atoms with E-state index in [1.807, 2.05) is 26.2 Å². The molecule has 3 heterocycles. The number of rotatable bonds is 6. The van der Waals surface area contributed by atoms with Gasteiger partial charge in [0.1, 0.15) is 58.1 Å². The molecular weight excluding hydrogens is 929 g/mol. The largest absolute Gasteiger partial charge is 1.00 e. The van der Waals surface area contributed by atoms with E-state index in [0.717, 1.165) is 31.1 Å². The summed E-state index contributed by atoms with van der Waals surface area (Å²) in [6.45, 7) is 2.92. The number of methoxy groups -OCH3 is 3. The lowest BCUT2D eigenvalue weighted by atomic mass is 9.85. The first-order valence-corrected chi connectivity index (χ1v) is 22.7. The van der Waals surface area contributed by atoms with Crippen molar-refractivity contribution >= 4 is 59.8 Å². The minimum absolute atomic E-state index is 0. The Balaban J connectivity index is 0.000000271. The Morgan fingerprint density at radius 1 is 0.902 bits per heavy atom. The molecule has 5 atom stereocenters. The van der Waals surface area contributed by atoms with E-state index in [4.69, 9.17) is 30.2 Å². The van der Waals surface area contributed by atoms with Crippen molar-refractivity contribution in [3.63, 3.8) is 0 Å². The summed E-state index contributed by atoms with van der Waals surface area (Å²) in [7, 11) is 8.86. The van der Waals surface area contributed by atoms with Crippen LogP contribution in [-0.4, -0.2) is 99.1 Å². The number of phenolic OH excluding ortho intramolecular Hbond substituents is 2. The number of aliphatic hydroxyl groups excluding tert-OH is 2. The summed E-state index contributed by atoms with van der Waals surface area (Å²) in [5, 5.41) is 42.2. The van der Waals surface area contributed by atoms with Crippen LogP contribution in [-0.2, 0) is 0 Å². The molecule has 6 rings (SSSR count). The Kier molecular flexibility index (Phi) is 16.7. The molecule has 0 saturated carbocycles. The minimum Gasteiger partial charge on any atom is -1.00 e. The number of likely N-dealkylation sites (tertiary alicyclic amines) is 2. The predicted octanol–water partition coefficient (Wildman–Crippen LogP) is 2.16. The number of halogens is 4. The molecular formula is C36H44Cl2I2N2O9. The zero-order valence-electron chi connectivity index (χ0n) is 29.0. The molecule has 5 N–H and O–H groups in total. The number of aliphatic hydroxyl groups is 2. The molecule has 15 heteroatoms. The lowest BCUT2D eigenvalue weighted by Gasteiger charge is -2.35. The number of piperidine rings is 2. The van der Waals surface area contributed by atoms with Gasteiger partial charge in [0.05, 0.1) is 46.0 Å². The van der Waals surface area contributed by atoms with Crippen LogP contribution >= 0.6 is 48.8 Å². The van der Waals surface area contributed by atoms with Crippen LogP contribution in [0.1, 0.15) is 35.8 Å². The highest BCUT2D eigenvalue weighted by molar-refractivity contribution is 15.0. The van der Waals surface area contributed by atoms with Crippen LogP contribution in [0.2, 0.25) is 5.02 Å². The van der Waals surface area contributed by atoms with E-state index in [1.165, 1.54) is 11.0 Å². The highest BCUT2D eigenvalue weighted by Crippen LogP contribution is 2.44. The summed E-state index contributed by atoms with van der Waals surface area (Å²) in [6, 6.07) is 13.0. The quantitative estimate of drug-likeness (QED) is 0.183. The average Bonchev–Trinajstić information content (AvgIpc) is 3.09. The highest BCUT2D eigenvalue weighted by Gasteiger charge is 2.35. The number of hydrogen-bond donors (Lipinski definition) is 5. The Hall–Kier alpha value is -2.25. The van der Waals surface area contributed by atoms with Gasteiger partial charge in [-0.15, -0.1) is 0 Å². The number of nitrogens with one attached hydrogen (secondary N) is 1. The second-order valence-electron chi connectivity index (χ2n) is 12.5. The van der Waals surface area contributed by atoms with Gasteiger partial charge in [-0.2, -0.15) is 0 Å². The van der Waals surface area contributed by atoms with Crippen LogP contribution in [0.25, 0.3) is 22.3 Å². The molecule has 11 nitrogen and oxygen atoms in total. The van der Waals surface area contributed by atoms with Crippen LogP contribution in [0.5, 0.6) is 28.7 Å². The lowest BCUT2D eigenvalue weighted by Crippen LogP contribution is -3.11. The Morgan fingerprint density at radius 3 is 2.10 bits per heavy atom. The van der Waals surface area contributed by atoms with Gasteiger partial charge in [0, 0.05) is 103 Å². The number of fused-ring (bicyclic) bond motifs is 1. The molecule has 2 aliphatic rings. The van der Waals surface area contributed by atoms with E-state index in [-0.39, 0.29) is 46.6 Å². The molecule has 0 spiro atoms. The first-order valence-electron chi connectivity index (χ1n) is 16.0. The minimum atomic E-state index is -0.707. The van der Waals surface area contributed by atoms with Crippen molar-refractivity contribution in [3.05, 3.63) is 74.9 Å². The SMILES string of the molecule is COc1cc(OC)c(C2CCN(C)CC2O)c(OC)c1.C[NH+]1CCC(c2c(O)cc(O)c3c(=O)cc(-c4ccccc4Cl)oc23)C(O)C1.II.[Cl-]. The molecule has 0 aliphatic carbocycles. The fourth-order valence-electron chi connectivity index (χ4n) is 6.83. The Morgan fingerprint density at radius 2 is 1.53 bits per heavy atom. The molecule has 2 fully saturated rings. The third kappa shape index (κ3) is 9.85. The van der Waals surface area contributed by atoms with Gasteiger partial charge in [-0.3, -0.25) is 4.79 Å². The number of ether oxygens (including phenoxy) is 3. The normalized spacial score (nSPS) is 21.6. The number of quaternary nitrogens is 1. The van der Waals surface area contributed by atoms with Gasteiger partial charge in [-0.25, -0.2) is 0 Å². The number of nitrogens with zero attached hydrogens (tertiary/aromatic N) is 1. The highest BCUT2D eigenvalue weighted by atomic mass is 128. The van der Waals surface area contributed by atoms with Crippen molar-refractivity contribution in [1.29, 1.82) is 0 Å². The molecule has 4 aromatic rings. The van der Waals surface area contributed by atoms with Gasteiger partial charge in [0.2, 0.25) is 0 Å². The molecule has 1 aromatic heterocycles. The predicted molar refractivity (Wildman–Crippen MR) is 211 cm³/mol. The number of phenols is 2. The van der Waals surface area contributed by atoms with E-state index < -0.39 is 23.6 Å². The van der Waals surface area contributed by atoms with Gasteiger partial charge in [-0.05, 0) is 32.1 Å². The molecule has 0 amide bonds. The molecule has 0 radical (unpaired) electrons. The summed E-state index contributed by atoms with van der Waals surface area (Å²) < 4.78 is 22.2. The van der Waals surface area contributed by atoms with Gasteiger partial charge >= 0.3 is 0 Å². The molecule has 51 heavy (non-hydrogen) atoms. The molecule has 3 aromatic carbocycles. The smallest absolute Gasteiger partial charge is 0.197 e. The van der Waals surface area contributed by atoms with E-state index in [1.54, 1.807) is 45.6 Å². The van der Waals surface area contributed by atoms with Gasteiger partial charge in [-0.1, -0.05) is 23.7 Å². The summed E-state index contributed by atoms with van der Waals surface area (Å²) in [5.41, 5.74) is 1.45. The topological polar surface area (TPSA) is 147 Å². The number of likely N-dealkylation sites (N-methyl/N-ethyl adjacent to an activating group) is 2. The summed E-state index contributed by atoms with van der Waals surface area (Å²) in [4.78, 5) is 16.1. The van der Waals surface area contributed by atoms with E-state index in [0.29, 0.717) is 52.9 Å². The lowest BCUT2D eigenvalue weighted by molar-refractivity contribution is -0.888. The standard InChI is InChI=1S/C21H20ClNO5.C15H23NO4.ClH.I2/c1-23-7-6-12(17(27)10-23)19-14(24)8-15(25)20-16(26)9-18(28-21(19)20)11-4-2-3-5-13(11)22;1-16-6-5-11(12(17)9-16)15-13(19-3)7-10(18-2)8-14(15)20-4;;1-2/h2-5,8-9,12,17,24-25,27H,6-7,10H2,1H3;7-8,11-12,17H,5-6,9H2,1-4H3;1H;. The van der Waals surface area contributed by atoms with Crippen molar-refractivity contribution < 1.29 is 56.4 Å². The van der Waals surface area contributed by atoms with Crippen molar-refractivity contribution in [3.8, 4) is 40.1 Å². The Labute approximate surface area is 332 Å². The number of benzene rings is 3. The van der Waals surface area contributed by atoms with Crippen LogP contribution in [0.4, 0.5) is 0 Å². The van der Waals surface area contributed by atoms with Crippen LogP contribution in [0, 0.1) is 0 Å². The summed E-state index contributed by atoms with van der Waals surface area (Å²) in [5.74, 6) is 1.38.